The van der Waals surface area contributed by atoms with Gasteiger partial charge in [-0.1, -0.05) is 0 Å². The lowest BCUT2D eigenvalue weighted by Crippen LogP contribution is -2.36. The number of anilines is 1. The maximum atomic E-state index is 7.38. The summed E-state index contributed by atoms with van der Waals surface area (Å²) in [6, 6.07) is 3.83. The SMILES string of the molecule is COC1CCN(c2ccnc(C(=N)N)c2)CC1. The summed E-state index contributed by atoms with van der Waals surface area (Å²) in [7, 11) is 1.76. The lowest BCUT2D eigenvalue weighted by atomic mass is 10.1. The summed E-state index contributed by atoms with van der Waals surface area (Å²) in [5.41, 5.74) is 7.06. The highest BCUT2D eigenvalue weighted by atomic mass is 16.5. The zero-order valence-corrected chi connectivity index (χ0v) is 10.0. The Morgan fingerprint density at radius 3 is 2.82 bits per heavy atom. The molecule has 1 aromatic heterocycles. The highest BCUT2D eigenvalue weighted by Gasteiger charge is 2.19. The molecule has 1 aliphatic rings. The van der Waals surface area contributed by atoms with Gasteiger partial charge in [0, 0.05) is 32.1 Å². The highest BCUT2D eigenvalue weighted by Crippen LogP contribution is 2.21. The molecule has 0 saturated carbocycles. The Morgan fingerprint density at radius 1 is 1.53 bits per heavy atom. The first kappa shape index (κ1) is 11.9. The number of hydrogen-bond acceptors (Lipinski definition) is 4. The van der Waals surface area contributed by atoms with Crippen LogP contribution in [0.1, 0.15) is 18.5 Å². The first-order chi connectivity index (χ1) is 8.20. The minimum absolute atomic E-state index is 0.0126. The third-order valence-electron chi connectivity index (χ3n) is 3.16. The molecule has 17 heavy (non-hydrogen) atoms. The number of piperidine rings is 1. The molecular formula is C12H18N4O. The van der Waals surface area contributed by atoms with Crippen LogP contribution >= 0.6 is 0 Å². The Bertz CT molecular complexity index is 399. The summed E-state index contributed by atoms with van der Waals surface area (Å²) in [5, 5.41) is 7.38. The van der Waals surface area contributed by atoms with Crippen LogP contribution in [0.3, 0.4) is 0 Å². The number of aromatic nitrogens is 1. The van der Waals surface area contributed by atoms with E-state index in [0.29, 0.717) is 11.8 Å². The van der Waals surface area contributed by atoms with E-state index in [4.69, 9.17) is 15.9 Å². The van der Waals surface area contributed by atoms with Crippen LogP contribution in [0, 0.1) is 5.41 Å². The van der Waals surface area contributed by atoms with Gasteiger partial charge in [-0.15, -0.1) is 0 Å². The molecule has 0 bridgehead atoms. The van der Waals surface area contributed by atoms with E-state index in [9.17, 15) is 0 Å². The number of rotatable bonds is 3. The van der Waals surface area contributed by atoms with E-state index in [-0.39, 0.29) is 5.84 Å². The van der Waals surface area contributed by atoms with Crippen LogP contribution in [0.2, 0.25) is 0 Å². The van der Waals surface area contributed by atoms with Crippen molar-refractivity contribution in [2.45, 2.75) is 18.9 Å². The number of nitrogens with one attached hydrogen (secondary N) is 1. The topological polar surface area (TPSA) is 75.2 Å². The van der Waals surface area contributed by atoms with Gasteiger partial charge in [0.15, 0.2) is 0 Å². The van der Waals surface area contributed by atoms with Crippen molar-refractivity contribution in [1.29, 1.82) is 5.41 Å². The third-order valence-corrected chi connectivity index (χ3v) is 3.16. The minimum atomic E-state index is 0.0126. The average Bonchev–Trinajstić information content (AvgIpc) is 2.39. The van der Waals surface area contributed by atoms with Gasteiger partial charge in [-0.3, -0.25) is 10.4 Å². The molecule has 1 saturated heterocycles. The van der Waals surface area contributed by atoms with Crippen LogP contribution in [-0.4, -0.2) is 37.1 Å². The quantitative estimate of drug-likeness (QED) is 0.604. The first-order valence-corrected chi connectivity index (χ1v) is 5.79. The van der Waals surface area contributed by atoms with Crippen LogP contribution in [0.5, 0.6) is 0 Å². The minimum Gasteiger partial charge on any atom is -0.382 e. The fraction of sp³-hybridized carbons (Fsp3) is 0.500. The third kappa shape index (κ3) is 2.74. The lowest BCUT2D eigenvalue weighted by Gasteiger charge is -2.33. The van der Waals surface area contributed by atoms with Gasteiger partial charge in [-0.2, -0.15) is 0 Å². The van der Waals surface area contributed by atoms with Crippen molar-refractivity contribution in [3.05, 3.63) is 24.0 Å². The number of hydrogen-bond donors (Lipinski definition) is 2. The van der Waals surface area contributed by atoms with Crippen LogP contribution in [-0.2, 0) is 4.74 Å². The summed E-state index contributed by atoms with van der Waals surface area (Å²) in [4.78, 5) is 6.35. The molecule has 1 aliphatic heterocycles. The lowest BCUT2D eigenvalue weighted by molar-refractivity contribution is 0.0819. The smallest absolute Gasteiger partial charge is 0.141 e. The number of amidine groups is 1. The van der Waals surface area contributed by atoms with Crippen molar-refractivity contribution in [3.8, 4) is 0 Å². The summed E-state index contributed by atoms with van der Waals surface area (Å²) < 4.78 is 5.34. The maximum Gasteiger partial charge on any atom is 0.141 e. The normalized spacial score (nSPS) is 17.1. The molecule has 0 spiro atoms. The van der Waals surface area contributed by atoms with E-state index in [1.54, 1.807) is 13.3 Å². The van der Waals surface area contributed by atoms with Crippen molar-refractivity contribution in [1.82, 2.24) is 4.98 Å². The zero-order valence-electron chi connectivity index (χ0n) is 10.0. The number of ether oxygens (including phenoxy) is 1. The van der Waals surface area contributed by atoms with Gasteiger partial charge in [0.05, 0.1) is 6.10 Å². The molecule has 0 aromatic carbocycles. The van der Waals surface area contributed by atoms with Crippen molar-refractivity contribution in [2.75, 3.05) is 25.1 Å². The number of pyridine rings is 1. The monoisotopic (exact) mass is 234 g/mol. The largest absolute Gasteiger partial charge is 0.382 e. The molecule has 3 N–H and O–H groups in total. The fourth-order valence-corrected chi connectivity index (χ4v) is 2.11. The van der Waals surface area contributed by atoms with E-state index in [2.05, 4.69) is 9.88 Å². The molecule has 1 aromatic rings. The number of nitrogens with two attached hydrogens (primary N) is 1. The van der Waals surface area contributed by atoms with Crippen molar-refractivity contribution in [3.63, 3.8) is 0 Å². The summed E-state index contributed by atoms with van der Waals surface area (Å²) in [5.74, 6) is 0.0126. The van der Waals surface area contributed by atoms with Crippen molar-refractivity contribution >= 4 is 11.5 Å². The maximum absolute atomic E-state index is 7.38. The Labute approximate surface area is 101 Å². The molecule has 0 amide bonds. The summed E-state index contributed by atoms with van der Waals surface area (Å²) in [6.07, 6.45) is 4.15. The summed E-state index contributed by atoms with van der Waals surface area (Å²) in [6.45, 7) is 1.94. The first-order valence-electron chi connectivity index (χ1n) is 5.79. The fourth-order valence-electron chi connectivity index (χ4n) is 2.11. The molecular weight excluding hydrogens is 216 g/mol. The second kappa shape index (κ2) is 5.14. The van der Waals surface area contributed by atoms with E-state index in [1.807, 2.05) is 12.1 Å². The molecule has 2 rings (SSSR count). The molecule has 1 fully saturated rings. The average molecular weight is 234 g/mol. The van der Waals surface area contributed by atoms with Gasteiger partial charge < -0.3 is 15.4 Å². The van der Waals surface area contributed by atoms with E-state index >= 15 is 0 Å². The molecule has 0 radical (unpaired) electrons. The molecule has 0 unspecified atom stereocenters. The molecule has 5 heteroatoms. The predicted octanol–water partition coefficient (Wildman–Crippen LogP) is 0.981. The van der Waals surface area contributed by atoms with Crippen LogP contribution in [0.4, 0.5) is 5.69 Å². The van der Waals surface area contributed by atoms with Crippen molar-refractivity contribution < 1.29 is 4.74 Å². The second-order valence-electron chi connectivity index (χ2n) is 4.24. The zero-order chi connectivity index (χ0) is 12.3. The Kier molecular flexibility index (Phi) is 3.58. The predicted molar refractivity (Wildman–Crippen MR) is 67.5 cm³/mol. The van der Waals surface area contributed by atoms with E-state index < -0.39 is 0 Å². The van der Waals surface area contributed by atoms with Crippen LogP contribution < -0.4 is 10.6 Å². The van der Waals surface area contributed by atoms with Gasteiger partial charge in [0.2, 0.25) is 0 Å². The Morgan fingerprint density at radius 2 is 2.24 bits per heavy atom. The van der Waals surface area contributed by atoms with E-state index in [1.165, 1.54) is 0 Å². The standard InChI is InChI=1S/C12H18N4O/c1-17-10-3-6-16(7-4-10)9-2-5-15-11(8-9)12(13)14/h2,5,8,10H,3-4,6-7H2,1H3,(H3,13,14). The molecule has 2 heterocycles. The molecule has 92 valence electrons. The van der Waals surface area contributed by atoms with Crippen LogP contribution in [0.15, 0.2) is 18.3 Å². The summed E-state index contributed by atoms with van der Waals surface area (Å²) >= 11 is 0. The van der Waals surface area contributed by atoms with Gasteiger partial charge >= 0.3 is 0 Å². The van der Waals surface area contributed by atoms with Crippen molar-refractivity contribution in [2.24, 2.45) is 5.73 Å². The highest BCUT2D eigenvalue weighted by molar-refractivity contribution is 5.93. The number of nitrogens with zero attached hydrogens (tertiary/aromatic N) is 2. The molecule has 5 nitrogen and oxygen atoms in total. The van der Waals surface area contributed by atoms with Gasteiger partial charge in [0.1, 0.15) is 11.5 Å². The molecule has 0 atom stereocenters. The number of methoxy groups -OCH3 is 1. The Hall–Kier alpha value is -1.62. The Balaban J connectivity index is 2.08. The van der Waals surface area contributed by atoms with E-state index in [0.717, 1.165) is 31.6 Å². The molecule has 0 aliphatic carbocycles. The van der Waals surface area contributed by atoms with Gasteiger partial charge in [-0.05, 0) is 25.0 Å². The number of nitrogen functional groups attached to an aromatic ring is 1. The van der Waals surface area contributed by atoms with Crippen LogP contribution in [0.25, 0.3) is 0 Å². The van der Waals surface area contributed by atoms with Gasteiger partial charge in [-0.25, -0.2) is 0 Å². The van der Waals surface area contributed by atoms with Gasteiger partial charge in [0.25, 0.3) is 0 Å². The second-order valence-corrected chi connectivity index (χ2v) is 4.24.